The Labute approximate surface area is 160 Å². The number of halogens is 7. The molecule has 0 bridgehead atoms. The van der Waals surface area contributed by atoms with E-state index in [0.29, 0.717) is 10.6 Å². The molecular weight excluding hydrogens is 406 g/mol. The number of hydrogen-bond donors (Lipinski definition) is 0. The van der Waals surface area contributed by atoms with Crippen molar-refractivity contribution in [2.24, 2.45) is 0 Å². The fraction of sp³-hybridized carbons (Fsp3) is 0.105. The Morgan fingerprint density at radius 2 is 1.46 bits per heavy atom. The molecule has 0 unspecified atom stereocenters. The minimum absolute atomic E-state index is 0.00871. The molecule has 0 aliphatic carbocycles. The molecule has 9 heteroatoms. The number of rotatable bonds is 3. The molecule has 0 spiro atoms. The van der Waals surface area contributed by atoms with Gasteiger partial charge in [-0.25, -0.2) is 4.68 Å². The zero-order valence-electron chi connectivity index (χ0n) is 13.9. The van der Waals surface area contributed by atoms with Crippen LogP contribution in [0.15, 0.2) is 54.6 Å². The number of benzene rings is 2. The van der Waals surface area contributed by atoms with Crippen LogP contribution in [0.1, 0.15) is 22.5 Å². The zero-order valence-corrected chi connectivity index (χ0v) is 14.6. The van der Waals surface area contributed by atoms with Gasteiger partial charge in [0.05, 0.1) is 5.69 Å². The summed E-state index contributed by atoms with van der Waals surface area (Å²) in [5.74, 6) is 0. The van der Waals surface area contributed by atoms with E-state index in [2.05, 4.69) is 5.10 Å². The van der Waals surface area contributed by atoms with E-state index < -0.39 is 23.7 Å². The highest BCUT2D eigenvalue weighted by Crippen LogP contribution is 2.36. The maximum Gasteiger partial charge on any atom is 0.435 e. The summed E-state index contributed by atoms with van der Waals surface area (Å²) in [7, 11) is 0. The summed E-state index contributed by atoms with van der Waals surface area (Å²) in [5.41, 5.74) is -1.88. The average Bonchev–Trinajstić information content (AvgIpc) is 3.08. The monoisotopic (exact) mass is 416 g/mol. The minimum atomic E-state index is -4.99. The van der Waals surface area contributed by atoms with Crippen LogP contribution in [0.3, 0.4) is 0 Å². The quantitative estimate of drug-likeness (QED) is 0.342. The second kappa shape index (κ2) is 7.35. The van der Waals surface area contributed by atoms with Crippen LogP contribution >= 0.6 is 11.6 Å². The fourth-order valence-electron chi connectivity index (χ4n) is 2.44. The van der Waals surface area contributed by atoms with Crippen molar-refractivity contribution in [2.45, 2.75) is 12.4 Å². The summed E-state index contributed by atoms with van der Waals surface area (Å²) in [4.78, 5) is 0. The highest BCUT2D eigenvalue weighted by atomic mass is 35.5. The van der Waals surface area contributed by atoms with Crippen LogP contribution in [-0.2, 0) is 12.4 Å². The Balaban J connectivity index is 1.93. The Hall–Kier alpha value is -2.74. The highest BCUT2D eigenvalue weighted by Gasteiger charge is 2.42. The lowest BCUT2D eigenvalue weighted by Gasteiger charge is -2.10. The van der Waals surface area contributed by atoms with Gasteiger partial charge in [-0.05, 0) is 29.3 Å². The highest BCUT2D eigenvalue weighted by molar-refractivity contribution is 6.32. The van der Waals surface area contributed by atoms with Gasteiger partial charge in [-0.3, -0.25) is 0 Å². The molecule has 2 aromatic carbocycles. The van der Waals surface area contributed by atoms with Crippen molar-refractivity contribution in [3.05, 3.63) is 82.1 Å². The van der Waals surface area contributed by atoms with E-state index in [4.69, 9.17) is 11.6 Å². The van der Waals surface area contributed by atoms with Gasteiger partial charge in [0.1, 0.15) is 5.69 Å². The van der Waals surface area contributed by atoms with E-state index in [9.17, 15) is 26.3 Å². The zero-order chi connectivity index (χ0) is 20.5. The summed E-state index contributed by atoms with van der Waals surface area (Å²) in [5, 5.41) is 3.62. The average molecular weight is 417 g/mol. The number of aromatic nitrogens is 2. The van der Waals surface area contributed by atoms with E-state index in [-0.39, 0.29) is 16.4 Å². The molecule has 0 N–H and O–H groups in total. The molecule has 0 fully saturated rings. The first-order valence-electron chi connectivity index (χ1n) is 7.83. The molecule has 2 nitrogen and oxygen atoms in total. The standard InChI is InChI=1S/C19H11ClF6N2/c20-15-4-2-1-3-13(15)8-5-12-6-9-14(10-7-12)28-17(19(24,25)26)11-16(27-28)18(21,22)23/h1-11H/b8-5+. The lowest BCUT2D eigenvalue weighted by molar-refractivity contribution is -0.143. The van der Waals surface area contributed by atoms with E-state index in [1.54, 1.807) is 36.4 Å². The summed E-state index contributed by atoms with van der Waals surface area (Å²) in [6.45, 7) is 0. The van der Waals surface area contributed by atoms with Crippen molar-refractivity contribution in [3.8, 4) is 5.69 Å². The van der Waals surface area contributed by atoms with E-state index in [0.717, 1.165) is 5.56 Å². The van der Waals surface area contributed by atoms with Gasteiger partial charge in [0, 0.05) is 11.1 Å². The van der Waals surface area contributed by atoms with Gasteiger partial charge >= 0.3 is 12.4 Å². The molecule has 0 aliphatic rings. The molecular formula is C19H11ClF6N2. The lowest BCUT2D eigenvalue weighted by atomic mass is 10.1. The molecule has 0 amide bonds. The van der Waals surface area contributed by atoms with Gasteiger partial charge in [-0.2, -0.15) is 31.4 Å². The third-order valence-electron chi connectivity index (χ3n) is 3.79. The summed E-state index contributed by atoms with van der Waals surface area (Å²) < 4.78 is 77.9. The normalized spacial score (nSPS) is 12.7. The molecule has 146 valence electrons. The van der Waals surface area contributed by atoms with Gasteiger partial charge in [-0.1, -0.05) is 54.1 Å². The molecule has 0 atom stereocenters. The van der Waals surface area contributed by atoms with Crippen LogP contribution in [-0.4, -0.2) is 9.78 Å². The van der Waals surface area contributed by atoms with Gasteiger partial charge in [-0.15, -0.1) is 0 Å². The fourth-order valence-corrected chi connectivity index (χ4v) is 2.64. The van der Waals surface area contributed by atoms with Crippen LogP contribution < -0.4 is 0 Å². The third-order valence-corrected chi connectivity index (χ3v) is 4.13. The van der Waals surface area contributed by atoms with Crippen molar-refractivity contribution < 1.29 is 26.3 Å². The number of nitrogens with zero attached hydrogens (tertiary/aromatic N) is 2. The van der Waals surface area contributed by atoms with Crippen molar-refractivity contribution in [2.75, 3.05) is 0 Å². The first kappa shape index (κ1) is 20.0. The predicted molar refractivity (Wildman–Crippen MR) is 93.9 cm³/mol. The molecule has 3 aromatic rings. The van der Waals surface area contributed by atoms with Crippen molar-refractivity contribution >= 4 is 23.8 Å². The minimum Gasteiger partial charge on any atom is -0.228 e. The Kier molecular flexibility index (Phi) is 5.25. The lowest BCUT2D eigenvalue weighted by Crippen LogP contribution is -2.13. The Morgan fingerprint density at radius 3 is 2.04 bits per heavy atom. The van der Waals surface area contributed by atoms with Crippen LogP contribution in [0.2, 0.25) is 5.02 Å². The Morgan fingerprint density at radius 1 is 0.821 bits per heavy atom. The molecule has 1 heterocycles. The van der Waals surface area contributed by atoms with Crippen molar-refractivity contribution in [1.82, 2.24) is 9.78 Å². The van der Waals surface area contributed by atoms with Gasteiger partial charge < -0.3 is 0 Å². The smallest absolute Gasteiger partial charge is 0.228 e. The van der Waals surface area contributed by atoms with Crippen LogP contribution in [0.5, 0.6) is 0 Å². The molecule has 0 saturated carbocycles. The molecule has 1 aromatic heterocycles. The van der Waals surface area contributed by atoms with Crippen molar-refractivity contribution in [3.63, 3.8) is 0 Å². The van der Waals surface area contributed by atoms with Gasteiger partial charge in [0.2, 0.25) is 0 Å². The molecule has 28 heavy (non-hydrogen) atoms. The van der Waals surface area contributed by atoms with Crippen LogP contribution in [0.25, 0.3) is 17.8 Å². The summed E-state index contributed by atoms with van der Waals surface area (Å²) in [6.07, 6.45) is -6.57. The van der Waals surface area contributed by atoms with Gasteiger partial charge in [0.15, 0.2) is 5.69 Å². The maximum atomic E-state index is 13.1. The SMILES string of the molecule is FC(F)(F)c1cc(C(F)(F)F)n(-c2ccc(/C=C/c3ccccc3Cl)cc2)n1. The Bertz CT molecular complexity index is 1000. The van der Waals surface area contributed by atoms with E-state index >= 15 is 0 Å². The van der Waals surface area contributed by atoms with Crippen LogP contribution in [0, 0.1) is 0 Å². The van der Waals surface area contributed by atoms with Crippen molar-refractivity contribution in [1.29, 1.82) is 0 Å². The third kappa shape index (κ3) is 4.39. The molecule has 0 saturated heterocycles. The molecule has 3 rings (SSSR count). The number of hydrogen-bond acceptors (Lipinski definition) is 1. The molecule has 0 radical (unpaired) electrons. The largest absolute Gasteiger partial charge is 0.435 e. The second-order valence-electron chi connectivity index (χ2n) is 5.77. The maximum absolute atomic E-state index is 13.1. The second-order valence-corrected chi connectivity index (χ2v) is 6.18. The summed E-state index contributed by atoms with van der Waals surface area (Å²) >= 11 is 6.03. The summed E-state index contributed by atoms with van der Waals surface area (Å²) in [6, 6.07) is 12.5. The molecule has 0 aliphatic heterocycles. The van der Waals surface area contributed by atoms with E-state index in [1.807, 2.05) is 0 Å². The van der Waals surface area contributed by atoms with Gasteiger partial charge in [0.25, 0.3) is 0 Å². The van der Waals surface area contributed by atoms with E-state index in [1.165, 1.54) is 24.3 Å². The predicted octanol–water partition coefficient (Wildman–Crippen LogP) is 6.73. The topological polar surface area (TPSA) is 17.8 Å². The first-order chi connectivity index (χ1) is 13.1. The number of alkyl halides is 6. The first-order valence-corrected chi connectivity index (χ1v) is 8.21. The van der Waals surface area contributed by atoms with Crippen LogP contribution in [0.4, 0.5) is 26.3 Å².